The fraction of sp³-hybridized carbons (Fsp3) is 0.435. The highest BCUT2D eigenvalue weighted by Crippen LogP contribution is 2.38. The van der Waals surface area contributed by atoms with E-state index in [4.69, 9.17) is 14.2 Å². The molecule has 0 saturated heterocycles. The summed E-state index contributed by atoms with van der Waals surface area (Å²) in [7, 11) is 3.02. The average Bonchev–Trinajstić information content (AvgIpc) is 3.16. The number of anilines is 1. The maximum Gasteiger partial charge on any atom is 0.341 e. The number of esters is 1. The van der Waals surface area contributed by atoms with Crippen molar-refractivity contribution in [1.29, 1.82) is 0 Å². The van der Waals surface area contributed by atoms with E-state index in [-0.39, 0.29) is 31.4 Å². The smallest absolute Gasteiger partial charge is 0.341 e. The number of methoxy groups -OCH3 is 2. The number of aryl methyl sites for hydroxylation is 1. The minimum Gasteiger partial charge on any atom is -0.497 e. The third kappa shape index (κ3) is 5.59. The molecule has 1 aliphatic carbocycles. The molecule has 0 unspecified atom stereocenters. The predicted octanol–water partition coefficient (Wildman–Crippen LogP) is 3.58. The summed E-state index contributed by atoms with van der Waals surface area (Å²) in [5.41, 5.74) is 1.85. The van der Waals surface area contributed by atoms with Gasteiger partial charge in [-0.1, -0.05) is 0 Å². The first-order valence-corrected chi connectivity index (χ1v) is 11.4. The van der Waals surface area contributed by atoms with E-state index in [2.05, 4.69) is 10.6 Å². The van der Waals surface area contributed by atoms with Crippen LogP contribution in [0.3, 0.4) is 0 Å². The predicted molar refractivity (Wildman–Crippen MR) is 122 cm³/mol. The van der Waals surface area contributed by atoms with Crippen LogP contribution < -0.4 is 20.1 Å². The monoisotopic (exact) mass is 460 g/mol. The van der Waals surface area contributed by atoms with E-state index in [1.807, 2.05) is 0 Å². The number of carbonyl (C=O) groups excluding carboxylic acids is 3. The van der Waals surface area contributed by atoms with Gasteiger partial charge in [0.15, 0.2) is 0 Å². The van der Waals surface area contributed by atoms with Gasteiger partial charge in [-0.3, -0.25) is 9.59 Å². The number of hydrogen-bond donors (Lipinski definition) is 2. The van der Waals surface area contributed by atoms with E-state index in [0.717, 1.165) is 36.1 Å². The number of benzene rings is 1. The molecule has 0 bridgehead atoms. The quantitative estimate of drug-likeness (QED) is 0.555. The molecule has 1 aliphatic rings. The van der Waals surface area contributed by atoms with Crippen molar-refractivity contribution >= 4 is 34.1 Å². The molecule has 0 fully saturated rings. The zero-order valence-electron chi connectivity index (χ0n) is 18.5. The summed E-state index contributed by atoms with van der Waals surface area (Å²) in [6.07, 6.45) is 3.88. The number of fused-ring (bicyclic) bond motifs is 1. The molecule has 0 spiro atoms. The highest BCUT2D eigenvalue weighted by Gasteiger charge is 2.27. The highest BCUT2D eigenvalue weighted by atomic mass is 32.1. The lowest BCUT2D eigenvalue weighted by Crippen LogP contribution is -2.27. The Kier molecular flexibility index (Phi) is 8.10. The second-order valence-corrected chi connectivity index (χ2v) is 8.40. The van der Waals surface area contributed by atoms with Gasteiger partial charge in [0.05, 0.1) is 26.4 Å². The maximum absolute atomic E-state index is 12.5. The Morgan fingerprint density at radius 1 is 1.03 bits per heavy atom. The van der Waals surface area contributed by atoms with Crippen LogP contribution in [0.25, 0.3) is 0 Å². The fourth-order valence-electron chi connectivity index (χ4n) is 3.59. The van der Waals surface area contributed by atoms with E-state index in [9.17, 15) is 14.4 Å². The standard InChI is InChI=1S/C23H28N2O6S/c1-4-31-23(28)20-17-7-5-6-8-18(17)32-22(20)25-19(26)9-10-24-21(27)14-11-15(29-2)13-16(12-14)30-3/h11-13H,4-10H2,1-3H3,(H,24,27)(H,25,26). The number of rotatable bonds is 9. The number of amides is 2. The van der Waals surface area contributed by atoms with Gasteiger partial charge >= 0.3 is 5.97 Å². The van der Waals surface area contributed by atoms with Crippen LogP contribution >= 0.6 is 11.3 Å². The van der Waals surface area contributed by atoms with E-state index < -0.39 is 5.97 Å². The lowest BCUT2D eigenvalue weighted by molar-refractivity contribution is -0.116. The summed E-state index contributed by atoms with van der Waals surface area (Å²) in [6.45, 7) is 2.18. The van der Waals surface area contributed by atoms with Crippen molar-refractivity contribution in [2.24, 2.45) is 0 Å². The van der Waals surface area contributed by atoms with Crippen molar-refractivity contribution < 1.29 is 28.6 Å². The molecule has 0 saturated carbocycles. The summed E-state index contributed by atoms with van der Waals surface area (Å²) in [4.78, 5) is 38.6. The van der Waals surface area contributed by atoms with Gasteiger partial charge in [-0.05, 0) is 50.3 Å². The Bertz CT molecular complexity index is 978. The molecule has 1 aromatic heterocycles. The van der Waals surface area contributed by atoms with Crippen LogP contribution in [-0.2, 0) is 22.4 Å². The van der Waals surface area contributed by atoms with Crippen molar-refractivity contribution in [3.05, 3.63) is 39.8 Å². The van der Waals surface area contributed by atoms with Crippen molar-refractivity contribution in [2.75, 3.05) is 32.7 Å². The van der Waals surface area contributed by atoms with Crippen LogP contribution in [0.1, 0.15) is 57.3 Å². The molecule has 172 valence electrons. The van der Waals surface area contributed by atoms with Gasteiger partial charge in [-0.2, -0.15) is 0 Å². The van der Waals surface area contributed by atoms with Gasteiger partial charge in [0, 0.05) is 29.5 Å². The van der Waals surface area contributed by atoms with Crippen molar-refractivity contribution in [3.63, 3.8) is 0 Å². The normalized spacial score (nSPS) is 12.5. The minimum atomic E-state index is -0.400. The summed E-state index contributed by atoms with van der Waals surface area (Å²) >= 11 is 1.44. The van der Waals surface area contributed by atoms with Crippen molar-refractivity contribution in [2.45, 2.75) is 39.0 Å². The summed E-state index contributed by atoms with van der Waals surface area (Å²) in [6, 6.07) is 4.87. The van der Waals surface area contributed by atoms with Gasteiger partial charge < -0.3 is 24.8 Å². The maximum atomic E-state index is 12.5. The fourth-order valence-corrected chi connectivity index (χ4v) is 4.89. The second kappa shape index (κ2) is 11.0. The average molecular weight is 461 g/mol. The SMILES string of the molecule is CCOC(=O)c1c(NC(=O)CCNC(=O)c2cc(OC)cc(OC)c2)sc2c1CCCC2. The van der Waals surface area contributed by atoms with Gasteiger partial charge in [0.25, 0.3) is 5.91 Å². The van der Waals surface area contributed by atoms with Crippen LogP contribution in [0.4, 0.5) is 5.00 Å². The van der Waals surface area contributed by atoms with Crippen LogP contribution in [0.5, 0.6) is 11.5 Å². The molecule has 2 amide bonds. The minimum absolute atomic E-state index is 0.0671. The largest absolute Gasteiger partial charge is 0.497 e. The van der Waals surface area contributed by atoms with Crippen LogP contribution in [0.15, 0.2) is 18.2 Å². The number of nitrogens with one attached hydrogen (secondary N) is 2. The molecule has 2 aromatic rings. The number of hydrogen-bond acceptors (Lipinski definition) is 7. The second-order valence-electron chi connectivity index (χ2n) is 7.29. The van der Waals surface area contributed by atoms with E-state index in [1.54, 1.807) is 25.1 Å². The molecule has 2 N–H and O–H groups in total. The first-order valence-electron chi connectivity index (χ1n) is 10.6. The molecular weight excluding hydrogens is 432 g/mol. The Morgan fingerprint density at radius 2 is 1.72 bits per heavy atom. The van der Waals surface area contributed by atoms with E-state index in [1.165, 1.54) is 25.6 Å². The summed E-state index contributed by atoms with van der Waals surface area (Å²) in [5, 5.41) is 6.10. The Hall–Kier alpha value is -3.07. The highest BCUT2D eigenvalue weighted by molar-refractivity contribution is 7.17. The number of carbonyl (C=O) groups is 3. The van der Waals surface area contributed by atoms with Crippen molar-refractivity contribution in [1.82, 2.24) is 5.32 Å². The molecule has 1 heterocycles. The third-order valence-electron chi connectivity index (χ3n) is 5.16. The zero-order chi connectivity index (χ0) is 23.1. The van der Waals surface area contributed by atoms with E-state index >= 15 is 0 Å². The van der Waals surface area contributed by atoms with Crippen LogP contribution in [0, 0.1) is 0 Å². The molecule has 8 nitrogen and oxygen atoms in total. The molecule has 0 atom stereocenters. The lowest BCUT2D eigenvalue weighted by Gasteiger charge is -2.12. The van der Waals surface area contributed by atoms with Gasteiger partial charge in [-0.25, -0.2) is 4.79 Å². The van der Waals surface area contributed by atoms with Crippen molar-refractivity contribution in [3.8, 4) is 11.5 Å². The molecule has 1 aromatic carbocycles. The molecule has 0 aliphatic heterocycles. The third-order valence-corrected chi connectivity index (χ3v) is 6.36. The van der Waals surface area contributed by atoms with Gasteiger partial charge in [-0.15, -0.1) is 11.3 Å². The molecule has 3 rings (SSSR count). The topological polar surface area (TPSA) is 103 Å². The molecule has 0 radical (unpaired) electrons. The zero-order valence-corrected chi connectivity index (χ0v) is 19.4. The molecular formula is C23H28N2O6S. The Morgan fingerprint density at radius 3 is 2.38 bits per heavy atom. The van der Waals surface area contributed by atoms with Gasteiger partial charge in [0.1, 0.15) is 16.5 Å². The molecule has 32 heavy (non-hydrogen) atoms. The number of ether oxygens (including phenoxy) is 3. The number of thiophene rings is 1. The Labute approximate surface area is 191 Å². The summed E-state index contributed by atoms with van der Waals surface area (Å²) < 4.78 is 15.6. The lowest BCUT2D eigenvalue weighted by atomic mass is 9.95. The molecule has 9 heteroatoms. The van der Waals surface area contributed by atoms with Crippen LogP contribution in [-0.4, -0.2) is 45.2 Å². The van der Waals surface area contributed by atoms with Gasteiger partial charge in [0.2, 0.25) is 5.91 Å². The first-order chi connectivity index (χ1) is 15.5. The summed E-state index contributed by atoms with van der Waals surface area (Å²) in [5.74, 6) is -0.0188. The first kappa shape index (κ1) is 23.6. The van der Waals surface area contributed by atoms with Crippen LogP contribution in [0.2, 0.25) is 0 Å². The Balaban J connectivity index is 1.61. The van der Waals surface area contributed by atoms with E-state index in [0.29, 0.717) is 27.6 Å².